The molecule has 0 saturated heterocycles. The second-order valence-corrected chi connectivity index (χ2v) is 29.4. The predicted molar refractivity (Wildman–Crippen MR) is 171 cm³/mol. The number of rotatable bonds is 15. The fraction of sp³-hybridized carbons (Fsp3) is 0.515. The molecule has 0 aromatic heterocycles. The van der Waals surface area contributed by atoms with Crippen molar-refractivity contribution in [3.05, 3.63) is 82.5 Å². The van der Waals surface area contributed by atoms with Crippen LogP contribution in [0, 0.1) is 5.92 Å². The van der Waals surface area contributed by atoms with Crippen LogP contribution in [0.5, 0.6) is 0 Å². The van der Waals surface area contributed by atoms with Crippen molar-refractivity contribution >= 4 is 38.1 Å². The Morgan fingerprint density at radius 1 is 0.800 bits per heavy atom. The standard InChI is InChI=1S/C21H21O4S2.3C4H9.Sn/c1-16(2)20-15-21(14-17(20)3,26(22,23)18-10-6-4-7-11-18)27(24,25)19-12-8-5-9-13-19;3*1-3-4-2;/h3-13,20H,1,14-15H2,2H3;3*1,3-4H2,2H3;. The minimum atomic E-state index is -4.26. The average molecular weight is 692 g/mol. The van der Waals surface area contributed by atoms with Crippen LogP contribution in [0.15, 0.2) is 92.3 Å². The third kappa shape index (κ3) is 6.81. The van der Waals surface area contributed by atoms with Gasteiger partial charge in [0.05, 0.1) is 0 Å². The van der Waals surface area contributed by atoms with E-state index in [4.69, 9.17) is 0 Å². The van der Waals surface area contributed by atoms with E-state index in [0.29, 0.717) is 0 Å². The molecule has 1 unspecified atom stereocenters. The molecule has 4 nitrogen and oxygen atoms in total. The van der Waals surface area contributed by atoms with Crippen LogP contribution >= 0.6 is 0 Å². The van der Waals surface area contributed by atoms with Gasteiger partial charge in [0.25, 0.3) is 0 Å². The Bertz CT molecular complexity index is 1270. The van der Waals surface area contributed by atoms with E-state index in [1.54, 1.807) is 36.4 Å². The van der Waals surface area contributed by atoms with Gasteiger partial charge in [0.15, 0.2) is 0 Å². The SMILES string of the molecule is C=C(C)C1CC(S(=O)(=O)c2ccccc2)(S(=O)(=O)c2ccccc2)C/C1=[CH]\[Sn]([CH2]CCC)([CH2]CCC)[CH2]CCC. The van der Waals surface area contributed by atoms with E-state index in [1.165, 1.54) is 56.8 Å². The molecule has 1 aliphatic rings. The number of unbranched alkanes of at least 4 members (excludes halogenated alkanes) is 3. The maximum absolute atomic E-state index is 14.6. The molecule has 0 amide bonds. The van der Waals surface area contributed by atoms with Crippen molar-refractivity contribution in [3.8, 4) is 0 Å². The summed E-state index contributed by atoms with van der Waals surface area (Å²) in [5.74, 6) is -0.266. The molecule has 1 fully saturated rings. The van der Waals surface area contributed by atoms with Crippen molar-refractivity contribution in [2.45, 2.75) is 106 Å². The number of benzene rings is 2. The Hall–Kier alpha value is -1.38. The van der Waals surface area contributed by atoms with E-state index in [-0.39, 0.29) is 28.6 Å². The van der Waals surface area contributed by atoms with Crippen LogP contribution in [-0.4, -0.2) is 39.3 Å². The molecule has 0 radical (unpaired) electrons. The monoisotopic (exact) mass is 692 g/mol. The van der Waals surface area contributed by atoms with E-state index in [1.807, 2.05) is 6.92 Å². The topological polar surface area (TPSA) is 68.3 Å². The molecule has 2 aromatic carbocycles. The molecule has 1 saturated carbocycles. The fourth-order valence-corrected chi connectivity index (χ4v) is 27.0. The molecule has 2 aromatic rings. The van der Waals surface area contributed by atoms with Crippen molar-refractivity contribution in [2.75, 3.05) is 0 Å². The van der Waals surface area contributed by atoms with Gasteiger partial charge in [-0.15, -0.1) is 0 Å². The second kappa shape index (κ2) is 14.2. The third-order valence-corrected chi connectivity index (χ3v) is 28.7. The molecule has 0 aliphatic heterocycles. The van der Waals surface area contributed by atoms with Crippen LogP contribution in [0.1, 0.15) is 79.1 Å². The summed E-state index contributed by atoms with van der Waals surface area (Å²) >= 11 is -2.90. The summed E-state index contributed by atoms with van der Waals surface area (Å²) in [6.07, 6.45) is 6.99. The molecule has 1 atom stereocenters. The summed E-state index contributed by atoms with van der Waals surface area (Å²) in [7, 11) is -8.52. The summed E-state index contributed by atoms with van der Waals surface area (Å²) in [4.78, 5) is 0.128. The quantitative estimate of drug-likeness (QED) is 0.138. The Kier molecular flexibility index (Phi) is 11.8. The van der Waals surface area contributed by atoms with Gasteiger partial charge in [0.1, 0.15) is 0 Å². The van der Waals surface area contributed by atoms with Crippen molar-refractivity contribution in [1.82, 2.24) is 0 Å². The van der Waals surface area contributed by atoms with Crippen molar-refractivity contribution in [1.29, 1.82) is 0 Å². The number of sulfone groups is 2. The number of hydrogen-bond donors (Lipinski definition) is 0. The first-order chi connectivity index (χ1) is 19.0. The molecular weight excluding hydrogens is 643 g/mol. The Morgan fingerprint density at radius 3 is 1.55 bits per heavy atom. The van der Waals surface area contributed by atoms with Gasteiger partial charge in [-0.3, -0.25) is 0 Å². The molecule has 1 aliphatic carbocycles. The third-order valence-electron chi connectivity index (χ3n) is 8.69. The first-order valence-corrected chi connectivity index (χ1v) is 25.6. The van der Waals surface area contributed by atoms with Gasteiger partial charge in [-0.1, -0.05) is 0 Å². The fourth-order valence-electron chi connectivity index (χ4n) is 6.34. The van der Waals surface area contributed by atoms with Crippen molar-refractivity contribution in [2.24, 2.45) is 5.92 Å². The van der Waals surface area contributed by atoms with Crippen LogP contribution in [-0.2, 0) is 19.7 Å². The van der Waals surface area contributed by atoms with Gasteiger partial charge in [-0.2, -0.15) is 0 Å². The molecule has 7 heteroatoms. The molecule has 0 bridgehead atoms. The molecule has 220 valence electrons. The zero-order valence-corrected chi connectivity index (χ0v) is 29.4. The maximum atomic E-state index is 14.6. The normalized spacial score (nSPS) is 18.7. The Morgan fingerprint density at radius 2 is 1.20 bits per heavy atom. The number of hydrogen-bond acceptors (Lipinski definition) is 4. The van der Waals surface area contributed by atoms with Crippen LogP contribution < -0.4 is 0 Å². The van der Waals surface area contributed by atoms with E-state index < -0.39 is 42.1 Å². The predicted octanol–water partition coefficient (Wildman–Crippen LogP) is 8.93. The molecule has 0 N–H and O–H groups in total. The molecular formula is C33H48O4S2Sn. The zero-order chi connectivity index (χ0) is 29.4. The summed E-state index contributed by atoms with van der Waals surface area (Å²) < 4.78 is 62.5. The van der Waals surface area contributed by atoms with Gasteiger partial charge in [-0.05, 0) is 0 Å². The Labute approximate surface area is 248 Å². The van der Waals surface area contributed by atoms with Gasteiger partial charge in [-0.25, -0.2) is 0 Å². The first kappa shape index (κ1) is 33.1. The van der Waals surface area contributed by atoms with Gasteiger partial charge < -0.3 is 0 Å². The van der Waals surface area contributed by atoms with Gasteiger partial charge >= 0.3 is 250 Å². The van der Waals surface area contributed by atoms with Gasteiger partial charge in [0.2, 0.25) is 0 Å². The molecule has 0 heterocycles. The van der Waals surface area contributed by atoms with Crippen molar-refractivity contribution in [3.63, 3.8) is 0 Å². The van der Waals surface area contributed by atoms with Gasteiger partial charge in [0, 0.05) is 0 Å². The first-order valence-electron chi connectivity index (χ1n) is 15.0. The molecule has 3 rings (SSSR count). The Balaban J connectivity index is 2.31. The van der Waals surface area contributed by atoms with E-state index >= 15 is 0 Å². The molecule has 40 heavy (non-hydrogen) atoms. The summed E-state index contributed by atoms with van der Waals surface area (Å²) in [6.45, 7) is 12.9. The summed E-state index contributed by atoms with van der Waals surface area (Å²) in [6, 6.07) is 16.3. The minimum absolute atomic E-state index is 0.0138. The summed E-state index contributed by atoms with van der Waals surface area (Å²) in [5, 5.41) is 0. The summed E-state index contributed by atoms with van der Waals surface area (Å²) in [5.41, 5.74) is 1.87. The average Bonchev–Trinajstić information content (AvgIpc) is 3.36. The van der Waals surface area contributed by atoms with E-state index in [0.717, 1.165) is 30.4 Å². The van der Waals surface area contributed by atoms with E-state index in [9.17, 15) is 16.8 Å². The second-order valence-electron chi connectivity index (χ2n) is 11.7. The number of allylic oxidation sites excluding steroid dienone is 2. The molecule has 0 spiro atoms. The van der Waals surface area contributed by atoms with E-state index in [2.05, 4.69) is 31.4 Å². The van der Waals surface area contributed by atoms with Crippen LogP contribution in [0.3, 0.4) is 0 Å². The zero-order valence-electron chi connectivity index (χ0n) is 24.9. The van der Waals surface area contributed by atoms with Crippen LogP contribution in [0.4, 0.5) is 0 Å². The van der Waals surface area contributed by atoms with Crippen LogP contribution in [0.2, 0.25) is 13.3 Å². The van der Waals surface area contributed by atoms with Crippen molar-refractivity contribution < 1.29 is 16.8 Å². The van der Waals surface area contributed by atoms with Crippen LogP contribution in [0.25, 0.3) is 0 Å².